The van der Waals surface area contributed by atoms with Gasteiger partial charge in [0.2, 0.25) is 0 Å². The summed E-state index contributed by atoms with van der Waals surface area (Å²) in [6.07, 6.45) is -4.04. The lowest BCUT2D eigenvalue weighted by atomic mass is 10.1. The van der Waals surface area contributed by atoms with Crippen molar-refractivity contribution in [1.29, 1.82) is 0 Å². The summed E-state index contributed by atoms with van der Waals surface area (Å²) in [7, 11) is 0. The first-order chi connectivity index (χ1) is 11.8. The minimum Gasteiger partial charge on any atom is -0.403 e. The number of fused-ring (bicyclic) bond motifs is 2. The lowest BCUT2D eigenvalue weighted by Crippen LogP contribution is -2.56. The highest BCUT2D eigenvalue weighted by Gasteiger charge is 2.48. The van der Waals surface area contributed by atoms with Crippen LogP contribution in [-0.4, -0.2) is 60.6 Å². The van der Waals surface area contributed by atoms with Gasteiger partial charge in [0.15, 0.2) is 5.75 Å². The molecule has 0 aliphatic carbocycles. The van der Waals surface area contributed by atoms with Crippen molar-refractivity contribution in [2.45, 2.75) is 30.9 Å². The van der Waals surface area contributed by atoms with E-state index in [9.17, 15) is 23.3 Å². The Kier molecular flexibility index (Phi) is 3.76. The maximum absolute atomic E-state index is 12.7. The predicted molar refractivity (Wildman–Crippen MR) is 80.6 cm³/mol. The molecule has 3 fully saturated rings. The highest BCUT2D eigenvalue weighted by Crippen LogP contribution is 2.43. The Morgan fingerprint density at radius 2 is 1.96 bits per heavy atom. The molecular weight excluding hydrogens is 343 g/mol. The van der Waals surface area contributed by atoms with Crippen molar-refractivity contribution in [2.24, 2.45) is 0 Å². The zero-order valence-corrected chi connectivity index (χ0v) is 13.1. The number of nitro benzene ring substituents is 1. The van der Waals surface area contributed by atoms with Gasteiger partial charge < -0.3 is 14.4 Å². The molecule has 0 N–H and O–H groups in total. The molecule has 0 saturated carbocycles. The van der Waals surface area contributed by atoms with Gasteiger partial charge in [0.25, 0.3) is 5.69 Å². The predicted octanol–water partition coefficient (Wildman–Crippen LogP) is 2.16. The number of nitro groups is 1. The average Bonchev–Trinajstić information content (AvgIpc) is 3.03. The number of piperazine rings is 1. The van der Waals surface area contributed by atoms with Crippen LogP contribution in [0.25, 0.3) is 0 Å². The Balaban J connectivity index is 1.59. The molecule has 0 spiro atoms. The fraction of sp³-hybridized carbons (Fsp3) is 0.600. The molecule has 0 aromatic heterocycles. The molecule has 3 aliphatic rings. The number of non-ortho nitro benzene ring substituents is 1. The Labute approximate surface area is 141 Å². The van der Waals surface area contributed by atoms with Gasteiger partial charge in [-0.1, -0.05) is 0 Å². The van der Waals surface area contributed by atoms with Crippen LogP contribution in [0.4, 0.5) is 24.5 Å². The first-order valence-corrected chi connectivity index (χ1v) is 7.96. The second kappa shape index (κ2) is 5.73. The Bertz CT molecular complexity index is 695. The van der Waals surface area contributed by atoms with Crippen LogP contribution in [0.5, 0.6) is 5.75 Å². The minimum absolute atomic E-state index is 0.0719. The third kappa shape index (κ3) is 2.99. The molecule has 4 rings (SSSR count). The monoisotopic (exact) mass is 359 g/mol. The number of halogens is 3. The Hall–Kier alpha value is -2.07. The van der Waals surface area contributed by atoms with E-state index in [0.717, 1.165) is 19.0 Å². The summed E-state index contributed by atoms with van der Waals surface area (Å²) in [6, 6.07) is 4.11. The fourth-order valence-electron chi connectivity index (χ4n) is 3.91. The van der Waals surface area contributed by atoms with Crippen LogP contribution in [0, 0.1) is 10.1 Å². The number of anilines is 1. The number of hydrogen-bond acceptors (Lipinski definition) is 6. The molecule has 0 amide bonds. The third-order valence-electron chi connectivity index (χ3n) is 5.06. The van der Waals surface area contributed by atoms with Crippen LogP contribution in [0.2, 0.25) is 0 Å². The van der Waals surface area contributed by atoms with Crippen LogP contribution in [0.1, 0.15) is 6.42 Å². The molecule has 0 radical (unpaired) electrons. The summed E-state index contributed by atoms with van der Waals surface area (Å²) < 4.78 is 47.4. The molecule has 1 aromatic rings. The maximum Gasteiger partial charge on any atom is 0.573 e. The van der Waals surface area contributed by atoms with Gasteiger partial charge in [0.05, 0.1) is 35.9 Å². The van der Waals surface area contributed by atoms with Gasteiger partial charge >= 0.3 is 6.36 Å². The van der Waals surface area contributed by atoms with Crippen molar-refractivity contribution in [2.75, 3.05) is 31.2 Å². The SMILES string of the molecule is O=[N+]([O-])c1ccc(N2CC3CC2CN3C2COC2)c(OC(F)(F)F)c1. The van der Waals surface area contributed by atoms with Gasteiger partial charge in [-0.25, -0.2) is 0 Å². The second-order valence-corrected chi connectivity index (χ2v) is 6.54. The lowest BCUT2D eigenvalue weighted by molar-refractivity contribution is -0.385. The van der Waals surface area contributed by atoms with Crippen molar-refractivity contribution < 1.29 is 27.6 Å². The third-order valence-corrected chi connectivity index (χ3v) is 5.06. The minimum atomic E-state index is -4.90. The quantitative estimate of drug-likeness (QED) is 0.606. The van der Waals surface area contributed by atoms with E-state index in [1.807, 2.05) is 4.90 Å². The molecule has 2 bridgehead atoms. The van der Waals surface area contributed by atoms with E-state index < -0.39 is 22.7 Å². The first kappa shape index (κ1) is 16.4. The molecule has 1 aromatic carbocycles. The van der Waals surface area contributed by atoms with E-state index in [2.05, 4.69) is 9.64 Å². The van der Waals surface area contributed by atoms with Crippen molar-refractivity contribution in [1.82, 2.24) is 4.90 Å². The number of likely N-dealkylation sites (tertiary alicyclic amines) is 1. The van der Waals surface area contributed by atoms with Crippen molar-refractivity contribution >= 4 is 11.4 Å². The Morgan fingerprint density at radius 1 is 1.20 bits per heavy atom. The van der Waals surface area contributed by atoms with E-state index in [0.29, 0.717) is 25.8 Å². The molecule has 3 aliphatic heterocycles. The van der Waals surface area contributed by atoms with Gasteiger partial charge in [-0.05, 0) is 12.5 Å². The standard InChI is InChI=1S/C15H16F3N3O4/c16-15(17,18)25-14-4-9(21(22)23)1-2-13(14)20-6-10-3-11(20)5-19(10)12-7-24-8-12/h1-2,4,10-12H,3,5-8H2. The molecule has 7 nitrogen and oxygen atoms in total. The van der Waals surface area contributed by atoms with Crippen molar-refractivity contribution in [3.05, 3.63) is 28.3 Å². The van der Waals surface area contributed by atoms with Crippen LogP contribution >= 0.6 is 0 Å². The number of benzene rings is 1. The lowest BCUT2D eigenvalue weighted by Gasteiger charge is -2.43. The molecule has 136 valence electrons. The first-order valence-electron chi connectivity index (χ1n) is 7.96. The van der Waals surface area contributed by atoms with E-state index in [1.165, 1.54) is 12.1 Å². The van der Waals surface area contributed by atoms with Gasteiger partial charge in [-0.2, -0.15) is 0 Å². The van der Waals surface area contributed by atoms with E-state index in [1.54, 1.807) is 0 Å². The zero-order chi connectivity index (χ0) is 17.8. The van der Waals surface area contributed by atoms with Crippen LogP contribution < -0.4 is 9.64 Å². The Morgan fingerprint density at radius 3 is 2.48 bits per heavy atom. The van der Waals surface area contributed by atoms with E-state index >= 15 is 0 Å². The summed E-state index contributed by atoms with van der Waals surface area (Å²) in [4.78, 5) is 14.4. The average molecular weight is 359 g/mol. The molecule has 25 heavy (non-hydrogen) atoms. The van der Waals surface area contributed by atoms with Crippen LogP contribution in [-0.2, 0) is 4.74 Å². The number of nitrogens with zero attached hydrogens (tertiary/aromatic N) is 3. The smallest absolute Gasteiger partial charge is 0.403 e. The second-order valence-electron chi connectivity index (χ2n) is 6.54. The number of hydrogen-bond donors (Lipinski definition) is 0. The van der Waals surface area contributed by atoms with E-state index in [4.69, 9.17) is 4.74 Å². The van der Waals surface area contributed by atoms with E-state index in [-0.39, 0.29) is 17.8 Å². The molecule has 3 heterocycles. The highest BCUT2D eigenvalue weighted by molar-refractivity contribution is 5.64. The molecule has 3 saturated heterocycles. The van der Waals surface area contributed by atoms with Gasteiger partial charge in [0, 0.05) is 31.2 Å². The van der Waals surface area contributed by atoms with Crippen LogP contribution in [0.15, 0.2) is 18.2 Å². The van der Waals surface area contributed by atoms with Crippen molar-refractivity contribution in [3.63, 3.8) is 0 Å². The number of rotatable bonds is 4. The normalized spacial score (nSPS) is 26.8. The van der Waals surface area contributed by atoms with Crippen LogP contribution in [0.3, 0.4) is 0 Å². The van der Waals surface area contributed by atoms with Gasteiger partial charge in [-0.3, -0.25) is 15.0 Å². The fourth-order valence-corrected chi connectivity index (χ4v) is 3.91. The topological polar surface area (TPSA) is 68.1 Å². The summed E-state index contributed by atoms with van der Waals surface area (Å²) in [6.45, 7) is 2.72. The highest BCUT2D eigenvalue weighted by atomic mass is 19.4. The molecule has 10 heteroatoms. The molecular formula is C15H16F3N3O4. The summed E-state index contributed by atoms with van der Waals surface area (Å²) in [5.74, 6) is -0.521. The summed E-state index contributed by atoms with van der Waals surface area (Å²) in [5.41, 5.74) is -0.180. The van der Waals surface area contributed by atoms with Gasteiger partial charge in [0.1, 0.15) is 0 Å². The molecule has 2 unspecified atom stereocenters. The zero-order valence-electron chi connectivity index (χ0n) is 13.1. The number of ether oxygens (including phenoxy) is 2. The summed E-state index contributed by atoms with van der Waals surface area (Å²) in [5, 5.41) is 10.9. The van der Waals surface area contributed by atoms with Crippen molar-refractivity contribution in [3.8, 4) is 5.75 Å². The molecule has 2 atom stereocenters. The number of alkyl halides is 3. The maximum atomic E-state index is 12.7. The summed E-state index contributed by atoms with van der Waals surface area (Å²) >= 11 is 0. The van der Waals surface area contributed by atoms with Gasteiger partial charge in [-0.15, -0.1) is 13.2 Å². The largest absolute Gasteiger partial charge is 0.573 e.